The average molecular weight is 290 g/mol. The predicted molar refractivity (Wildman–Crippen MR) is 90.1 cm³/mol. The molecule has 21 heavy (non-hydrogen) atoms. The van der Waals surface area contributed by atoms with Crippen LogP contribution in [0.3, 0.4) is 0 Å². The summed E-state index contributed by atoms with van der Waals surface area (Å²) in [5.41, 5.74) is 0. The van der Waals surface area contributed by atoms with Gasteiger partial charge in [-0.1, -0.05) is 27.7 Å². The number of anilines is 2. The summed E-state index contributed by atoms with van der Waals surface area (Å²) < 4.78 is 0. The van der Waals surface area contributed by atoms with Crippen molar-refractivity contribution < 1.29 is 0 Å². The summed E-state index contributed by atoms with van der Waals surface area (Å²) in [5.74, 6) is 4.09. The van der Waals surface area contributed by atoms with Crippen LogP contribution in [0.25, 0.3) is 0 Å². The summed E-state index contributed by atoms with van der Waals surface area (Å²) in [6.45, 7) is 13.2. The molecule has 2 rings (SSSR count). The number of rotatable bonds is 5. The molecule has 1 aromatic heterocycles. The fraction of sp³-hybridized carbons (Fsp3) is 0.765. The molecule has 0 aliphatic carbocycles. The van der Waals surface area contributed by atoms with E-state index in [1.165, 1.54) is 12.8 Å². The smallest absolute Gasteiger partial charge is 0.135 e. The fourth-order valence-electron chi connectivity index (χ4n) is 2.81. The van der Waals surface area contributed by atoms with Crippen molar-refractivity contribution in [3.8, 4) is 0 Å². The summed E-state index contributed by atoms with van der Waals surface area (Å²) in [4.78, 5) is 11.9. The Hall–Kier alpha value is -1.32. The molecule has 1 aliphatic rings. The Balaban J connectivity index is 2.29. The molecular weight excluding hydrogens is 260 g/mol. The molecule has 1 N–H and O–H groups in total. The van der Waals surface area contributed by atoms with Crippen molar-refractivity contribution in [1.82, 2.24) is 9.97 Å². The lowest BCUT2D eigenvalue weighted by atomic mass is 9.95. The zero-order valence-corrected chi connectivity index (χ0v) is 14.2. The van der Waals surface area contributed by atoms with Gasteiger partial charge >= 0.3 is 0 Å². The summed E-state index contributed by atoms with van der Waals surface area (Å²) in [6, 6.07) is 2.69. The molecule has 2 heterocycles. The predicted octanol–water partition coefficient (Wildman–Crippen LogP) is 4.05. The van der Waals surface area contributed by atoms with Crippen molar-refractivity contribution in [1.29, 1.82) is 0 Å². The van der Waals surface area contributed by atoms with Crippen molar-refractivity contribution in [3.05, 3.63) is 11.9 Å². The third-order valence-electron chi connectivity index (χ3n) is 4.21. The Kier molecular flexibility index (Phi) is 5.43. The minimum absolute atomic E-state index is 0.352. The summed E-state index contributed by atoms with van der Waals surface area (Å²) in [6.07, 6.45) is 3.67. The van der Waals surface area contributed by atoms with Gasteiger partial charge in [-0.15, -0.1) is 0 Å². The van der Waals surface area contributed by atoms with E-state index in [1.807, 2.05) is 0 Å². The fourth-order valence-corrected chi connectivity index (χ4v) is 2.81. The topological polar surface area (TPSA) is 41.0 Å². The van der Waals surface area contributed by atoms with Gasteiger partial charge in [0.25, 0.3) is 0 Å². The molecule has 118 valence electrons. The number of nitrogens with one attached hydrogen (secondary N) is 1. The third kappa shape index (κ3) is 4.08. The van der Waals surface area contributed by atoms with Crippen molar-refractivity contribution in [3.63, 3.8) is 0 Å². The van der Waals surface area contributed by atoms with E-state index in [4.69, 9.17) is 4.98 Å². The summed E-state index contributed by atoms with van der Waals surface area (Å²) in [5, 5.41) is 3.42. The zero-order valence-electron chi connectivity index (χ0n) is 14.2. The lowest BCUT2D eigenvalue weighted by Gasteiger charge is -2.38. The normalized spacial score (nSPS) is 22.7. The maximum atomic E-state index is 4.82. The first-order valence-corrected chi connectivity index (χ1v) is 8.40. The molecule has 0 aromatic carbocycles. The van der Waals surface area contributed by atoms with Gasteiger partial charge in [-0.25, -0.2) is 9.97 Å². The Labute approximate surface area is 129 Å². The second-order valence-corrected chi connectivity index (χ2v) is 6.73. The SMILES string of the molecule is CCCNc1cc(N2CC(C)CCC2C)nc(C(C)C)n1. The summed E-state index contributed by atoms with van der Waals surface area (Å²) >= 11 is 0. The quantitative estimate of drug-likeness (QED) is 0.888. The van der Waals surface area contributed by atoms with Crippen LogP contribution in [0.4, 0.5) is 11.6 Å². The lowest BCUT2D eigenvalue weighted by Crippen LogP contribution is -2.41. The molecule has 4 nitrogen and oxygen atoms in total. The molecule has 0 amide bonds. The van der Waals surface area contributed by atoms with E-state index in [2.05, 4.69) is 55.9 Å². The number of aromatic nitrogens is 2. The minimum Gasteiger partial charge on any atom is -0.370 e. The Bertz CT molecular complexity index is 458. The van der Waals surface area contributed by atoms with Crippen LogP contribution in [0.1, 0.15) is 65.6 Å². The third-order valence-corrected chi connectivity index (χ3v) is 4.21. The highest BCUT2D eigenvalue weighted by atomic mass is 15.2. The van der Waals surface area contributed by atoms with E-state index in [9.17, 15) is 0 Å². The Morgan fingerprint density at radius 1 is 1.29 bits per heavy atom. The molecule has 1 aliphatic heterocycles. The van der Waals surface area contributed by atoms with E-state index in [1.54, 1.807) is 0 Å². The molecule has 0 bridgehead atoms. The zero-order chi connectivity index (χ0) is 15.4. The highest BCUT2D eigenvalue weighted by molar-refractivity contribution is 5.50. The molecule has 4 heteroatoms. The van der Waals surface area contributed by atoms with Crippen LogP contribution >= 0.6 is 0 Å². The molecule has 1 saturated heterocycles. The monoisotopic (exact) mass is 290 g/mol. The highest BCUT2D eigenvalue weighted by Crippen LogP contribution is 2.28. The van der Waals surface area contributed by atoms with Gasteiger partial charge in [-0.2, -0.15) is 0 Å². The van der Waals surface area contributed by atoms with Crippen LogP contribution in [-0.4, -0.2) is 29.1 Å². The maximum Gasteiger partial charge on any atom is 0.135 e. The van der Waals surface area contributed by atoms with Crippen molar-refractivity contribution in [2.24, 2.45) is 5.92 Å². The van der Waals surface area contributed by atoms with E-state index in [0.717, 1.165) is 42.9 Å². The van der Waals surface area contributed by atoms with Gasteiger partial charge < -0.3 is 10.2 Å². The van der Waals surface area contributed by atoms with Crippen LogP contribution in [0, 0.1) is 5.92 Å². The van der Waals surface area contributed by atoms with Gasteiger partial charge in [-0.05, 0) is 32.1 Å². The van der Waals surface area contributed by atoms with Gasteiger partial charge in [-0.3, -0.25) is 0 Å². The van der Waals surface area contributed by atoms with Crippen molar-refractivity contribution >= 4 is 11.6 Å². The largest absolute Gasteiger partial charge is 0.370 e. The maximum absolute atomic E-state index is 4.82. The first-order chi connectivity index (χ1) is 10.0. The van der Waals surface area contributed by atoms with Gasteiger partial charge in [0.05, 0.1) is 0 Å². The standard InChI is InChI=1S/C17H30N4/c1-6-9-18-15-10-16(20-17(19-15)12(2)3)21-11-13(4)7-8-14(21)5/h10,12-14H,6-9,11H2,1-5H3,(H,18,19,20). The van der Waals surface area contributed by atoms with Crippen LogP contribution in [-0.2, 0) is 0 Å². The number of nitrogens with zero attached hydrogens (tertiary/aromatic N) is 3. The van der Waals surface area contributed by atoms with E-state index in [-0.39, 0.29) is 0 Å². The molecule has 1 fully saturated rings. The summed E-state index contributed by atoms with van der Waals surface area (Å²) in [7, 11) is 0. The number of hydrogen-bond acceptors (Lipinski definition) is 4. The lowest BCUT2D eigenvalue weighted by molar-refractivity contribution is 0.387. The van der Waals surface area contributed by atoms with Gasteiger partial charge in [0.2, 0.25) is 0 Å². The molecule has 0 spiro atoms. The van der Waals surface area contributed by atoms with Crippen LogP contribution in [0.2, 0.25) is 0 Å². The second-order valence-electron chi connectivity index (χ2n) is 6.73. The van der Waals surface area contributed by atoms with Crippen molar-refractivity contribution in [2.75, 3.05) is 23.3 Å². The average Bonchev–Trinajstić information content (AvgIpc) is 2.47. The molecule has 0 radical (unpaired) electrons. The number of hydrogen-bond donors (Lipinski definition) is 1. The number of piperidine rings is 1. The Morgan fingerprint density at radius 3 is 2.71 bits per heavy atom. The first kappa shape index (κ1) is 16.1. The van der Waals surface area contributed by atoms with E-state index >= 15 is 0 Å². The van der Waals surface area contributed by atoms with Gasteiger partial charge in [0.15, 0.2) is 0 Å². The Morgan fingerprint density at radius 2 is 2.05 bits per heavy atom. The highest BCUT2D eigenvalue weighted by Gasteiger charge is 2.25. The second kappa shape index (κ2) is 7.10. The molecular formula is C17H30N4. The minimum atomic E-state index is 0.352. The van der Waals surface area contributed by atoms with Gasteiger partial charge in [0, 0.05) is 31.1 Å². The van der Waals surface area contributed by atoms with Crippen LogP contribution in [0.15, 0.2) is 6.07 Å². The molecule has 0 saturated carbocycles. The van der Waals surface area contributed by atoms with Crippen molar-refractivity contribution in [2.45, 2.75) is 65.8 Å². The molecule has 2 atom stereocenters. The first-order valence-electron chi connectivity index (χ1n) is 8.40. The van der Waals surface area contributed by atoms with E-state index in [0.29, 0.717) is 12.0 Å². The van der Waals surface area contributed by atoms with Crippen LogP contribution in [0.5, 0.6) is 0 Å². The molecule has 1 aromatic rings. The van der Waals surface area contributed by atoms with E-state index < -0.39 is 0 Å². The molecule has 2 unspecified atom stereocenters. The van der Waals surface area contributed by atoms with Gasteiger partial charge in [0.1, 0.15) is 17.5 Å². The van der Waals surface area contributed by atoms with Crippen LogP contribution < -0.4 is 10.2 Å².